The Labute approximate surface area is 233 Å². The number of nitrogens with two attached hydrogens (primary N) is 1. The van der Waals surface area contributed by atoms with Gasteiger partial charge in [0.1, 0.15) is 18.0 Å². The molecule has 40 heavy (non-hydrogen) atoms. The first-order chi connectivity index (χ1) is 18.9. The zero-order chi connectivity index (χ0) is 29.2. The Morgan fingerprint density at radius 2 is 1.77 bits per heavy atom. The number of carbonyl (C=O) groups is 3. The van der Waals surface area contributed by atoms with E-state index in [0.29, 0.717) is 47.7 Å². The van der Waals surface area contributed by atoms with Gasteiger partial charge < -0.3 is 39.8 Å². The minimum absolute atomic E-state index is 0.117. The Morgan fingerprint density at radius 1 is 1.07 bits per heavy atom. The lowest BCUT2D eigenvalue weighted by Crippen LogP contribution is -2.63. The number of nitrogens with one attached hydrogen (secondary N) is 1. The van der Waals surface area contributed by atoms with Gasteiger partial charge in [0.25, 0.3) is 0 Å². The van der Waals surface area contributed by atoms with Gasteiger partial charge in [-0.05, 0) is 33.3 Å². The van der Waals surface area contributed by atoms with Gasteiger partial charge in [-0.1, -0.05) is 0 Å². The molecule has 13 heteroatoms. The van der Waals surface area contributed by atoms with Crippen LogP contribution >= 0.6 is 0 Å². The second kappa shape index (κ2) is 11.8. The largest absolute Gasteiger partial charge is 0.493 e. The topological polar surface area (TPSA) is 158 Å². The van der Waals surface area contributed by atoms with E-state index >= 15 is 0 Å². The number of rotatable bonds is 8. The first-order valence-corrected chi connectivity index (χ1v) is 13.2. The lowest BCUT2D eigenvalue weighted by atomic mass is 10.0. The molecule has 13 nitrogen and oxygen atoms in total. The Morgan fingerprint density at radius 3 is 2.40 bits per heavy atom. The number of anilines is 2. The minimum Gasteiger partial charge on any atom is -0.493 e. The van der Waals surface area contributed by atoms with Crippen LogP contribution in [0.5, 0.6) is 11.5 Å². The molecule has 4 rings (SSSR count). The number of benzene rings is 1. The van der Waals surface area contributed by atoms with E-state index in [1.807, 2.05) is 25.7 Å². The number of methoxy groups -OCH3 is 3. The summed E-state index contributed by atoms with van der Waals surface area (Å²) >= 11 is 0. The van der Waals surface area contributed by atoms with Crippen LogP contribution in [0, 0.1) is 0 Å². The number of fused-ring (bicyclic) bond motifs is 1. The molecular weight excluding hydrogens is 520 g/mol. The molecule has 3 heterocycles. The third-order valence-electron chi connectivity index (χ3n) is 6.93. The van der Waals surface area contributed by atoms with Crippen molar-refractivity contribution in [1.29, 1.82) is 0 Å². The SMILES string of the molecule is COc1cc2nc(N3CCN(C(=O)CC(=O)C4CCC(OC)O4)[C@H](C(=O)NC(C)(C)C)C3)nc(N)c2cc1OC. The van der Waals surface area contributed by atoms with Gasteiger partial charge in [0.05, 0.1) is 32.7 Å². The van der Waals surface area contributed by atoms with Crippen LogP contribution in [0.4, 0.5) is 11.8 Å². The predicted molar refractivity (Wildman–Crippen MR) is 147 cm³/mol. The van der Waals surface area contributed by atoms with Crippen LogP contribution < -0.4 is 25.4 Å². The number of nitrogen functional groups attached to an aromatic ring is 1. The van der Waals surface area contributed by atoms with Crippen molar-refractivity contribution in [2.24, 2.45) is 0 Å². The van der Waals surface area contributed by atoms with Crippen LogP contribution in [0.2, 0.25) is 0 Å². The highest BCUT2D eigenvalue weighted by Crippen LogP contribution is 2.34. The second-order valence-corrected chi connectivity index (χ2v) is 10.9. The van der Waals surface area contributed by atoms with Crippen molar-refractivity contribution in [2.45, 2.75) is 64.0 Å². The lowest BCUT2D eigenvalue weighted by Gasteiger charge is -2.41. The number of piperazine rings is 1. The molecule has 0 aliphatic carbocycles. The predicted octanol–water partition coefficient (Wildman–Crippen LogP) is 1.27. The summed E-state index contributed by atoms with van der Waals surface area (Å²) in [5, 5.41) is 3.55. The van der Waals surface area contributed by atoms with Gasteiger partial charge >= 0.3 is 0 Å². The number of nitrogens with zero attached hydrogens (tertiary/aromatic N) is 4. The molecule has 2 aliphatic rings. The highest BCUT2D eigenvalue weighted by molar-refractivity contribution is 6.02. The molecule has 0 saturated carbocycles. The third kappa shape index (κ3) is 6.36. The number of ether oxygens (including phenoxy) is 4. The first-order valence-electron chi connectivity index (χ1n) is 13.2. The summed E-state index contributed by atoms with van der Waals surface area (Å²) in [5.74, 6) is 0.459. The molecule has 3 N–H and O–H groups in total. The number of aromatic nitrogens is 2. The Bertz CT molecular complexity index is 1280. The molecular formula is C27H38N6O7. The van der Waals surface area contributed by atoms with Gasteiger partial charge in [0.15, 0.2) is 23.6 Å². The lowest BCUT2D eigenvalue weighted by molar-refractivity contribution is -0.152. The molecule has 2 unspecified atom stereocenters. The van der Waals surface area contributed by atoms with E-state index in [-0.39, 0.29) is 37.0 Å². The van der Waals surface area contributed by atoms with Gasteiger partial charge in [0.2, 0.25) is 17.8 Å². The average molecular weight is 559 g/mol. The molecule has 2 aromatic rings. The van der Waals surface area contributed by atoms with Crippen molar-refractivity contribution in [3.63, 3.8) is 0 Å². The van der Waals surface area contributed by atoms with Gasteiger partial charge in [-0.15, -0.1) is 0 Å². The van der Waals surface area contributed by atoms with Gasteiger partial charge in [-0.3, -0.25) is 14.4 Å². The van der Waals surface area contributed by atoms with Gasteiger partial charge in [-0.25, -0.2) is 4.98 Å². The quantitative estimate of drug-likeness (QED) is 0.449. The summed E-state index contributed by atoms with van der Waals surface area (Å²) in [6.07, 6.45) is -0.426. The second-order valence-electron chi connectivity index (χ2n) is 10.9. The van der Waals surface area contributed by atoms with Crippen molar-refractivity contribution < 1.29 is 33.3 Å². The van der Waals surface area contributed by atoms with Crippen LogP contribution in [0.15, 0.2) is 12.1 Å². The highest BCUT2D eigenvalue weighted by Gasteiger charge is 2.39. The molecule has 2 aliphatic heterocycles. The third-order valence-corrected chi connectivity index (χ3v) is 6.93. The van der Waals surface area contributed by atoms with E-state index in [2.05, 4.69) is 15.3 Å². The Hall–Kier alpha value is -3.71. The first kappa shape index (κ1) is 29.3. The van der Waals surface area contributed by atoms with Crippen LogP contribution in [-0.2, 0) is 23.9 Å². The summed E-state index contributed by atoms with van der Waals surface area (Å²) in [6, 6.07) is 2.54. The number of hydrogen-bond acceptors (Lipinski definition) is 11. The maximum Gasteiger partial charge on any atom is 0.245 e. The van der Waals surface area contributed by atoms with E-state index in [0.717, 1.165) is 0 Å². The zero-order valence-electron chi connectivity index (χ0n) is 23.9. The fourth-order valence-electron chi connectivity index (χ4n) is 4.93. The summed E-state index contributed by atoms with van der Waals surface area (Å²) in [7, 11) is 4.58. The molecule has 3 atom stereocenters. The summed E-state index contributed by atoms with van der Waals surface area (Å²) < 4.78 is 21.5. The standard InChI is InChI=1S/C27H38N6O7/c1-27(2,3)31-25(36)17-14-32(9-10-33(17)22(35)13-18(34)19-7-8-23(39-6)40-19)26-29-16-12-21(38-5)20(37-4)11-15(16)24(28)30-26/h11-12,17,19,23H,7-10,13-14H2,1-6H3,(H,31,36)(H2,28,29,30)/t17-,19?,23?/m0/s1. The maximum absolute atomic E-state index is 13.4. The number of hydrogen-bond donors (Lipinski definition) is 2. The molecule has 2 amide bonds. The molecule has 2 saturated heterocycles. The number of amides is 2. The zero-order valence-corrected chi connectivity index (χ0v) is 23.9. The van der Waals surface area contributed by atoms with E-state index < -0.39 is 29.9 Å². The van der Waals surface area contributed by atoms with Crippen molar-refractivity contribution in [3.8, 4) is 11.5 Å². The Kier molecular flexibility index (Phi) is 8.64. The molecule has 2 fully saturated rings. The maximum atomic E-state index is 13.4. The van der Waals surface area contributed by atoms with Crippen molar-refractivity contribution >= 4 is 40.3 Å². The molecule has 218 valence electrons. The number of ketones is 1. The fourth-order valence-corrected chi connectivity index (χ4v) is 4.93. The van der Waals surface area contributed by atoms with Crippen molar-refractivity contribution in [1.82, 2.24) is 20.2 Å². The van der Waals surface area contributed by atoms with Crippen LogP contribution in [-0.4, -0.2) is 97.4 Å². The minimum atomic E-state index is -0.879. The smallest absolute Gasteiger partial charge is 0.245 e. The molecule has 0 bridgehead atoms. The van der Waals surface area contributed by atoms with Gasteiger partial charge in [0, 0.05) is 43.6 Å². The number of carbonyl (C=O) groups excluding carboxylic acids is 3. The summed E-state index contributed by atoms with van der Waals surface area (Å²) in [5.41, 5.74) is 6.31. The fraction of sp³-hybridized carbons (Fsp3) is 0.593. The van der Waals surface area contributed by atoms with E-state index in [9.17, 15) is 14.4 Å². The highest BCUT2D eigenvalue weighted by atomic mass is 16.7. The summed E-state index contributed by atoms with van der Waals surface area (Å²) in [4.78, 5) is 52.0. The molecule has 1 aromatic carbocycles. The Balaban J connectivity index is 1.58. The number of Topliss-reactive ketones (excluding diaryl/α,β-unsaturated/α-hetero) is 1. The van der Waals surface area contributed by atoms with Gasteiger partial charge in [-0.2, -0.15) is 4.98 Å². The normalized spacial score (nSPS) is 21.4. The average Bonchev–Trinajstić information content (AvgIpc) is 3.40. The van der Waals surface area contributed by atoms with E-state index in [4.69, 9.17) is 24.7 Å². The molecule has 0 radical (unpaired) electrons. The van der Waals surface area contributed by atoms with E-state index in [1.165, 1.54) is 26.2 Å². The van der Waals surface area contributed by atoms with Crippen LogP contribution in [0.25, 0.3) is 10.9 Å². The van der Waals surface area contributed by atoms with Crippen molar-refractivity contribution in [2.75, 3.05) is 51.6 Å². The monoisotopic (exact) mass is 558 g/mol. The molecule has 0 spiro atoms. The van der Waals surface area contributed by atoms with E-state index in [1.54, 1.807) is 12.1 Å². The molecule has 1 aromatic heterocycles. The van der Waals surface area contributed by atoms with Crippen LogP contribution in [0.1, 0.15) is 40.0 Å². The van der Waals surface area contributed by atoms with Crippen LogP contribution in [0.3, 0.4) is 0 Å². The summed E-state index contributed by atoms with van der Waals surface area (Å²) in [6.45, 7) is 6.22. The van der Waals surface area contributed by atoms with Crippen molar-refractivity contribution in [3.05, 3.63) is 12.1 Å².